The Morgan fingerprint density at radius 2 is 2.55 bits per heavy atom. The molecule has 58 valence electrons. The molecule has 0 amide bonds. The van der Waals surface area contributed by atoms with Crippen molar-refractivity contribution in [1.82, 2.24) is 5.16 Å². The molecule has 0 unspecified atom stereocenters. The minimum Gasteiger partial charge on any atom is -0.479 e. The van der Waals surface area contributed by atoms with Crippen LogP contribution < -0.4 is 4.74 Å². The highest BCUT2D eigenvalue weighted by Crippen LogP contribution is 2.10. The first-order valence-electron chi connectivity index (χ1n) is 2.99. The Balaban J connectivity index is 2.72. The van der Waals surface area contributed by atoms with Gasteiger partial charge in [0, 0.05) is 6.07 Å². The summed E-state index contributed by atoms with van der Waals surface area (Å²) < 4.78 is 9.48. The van der Waals surface area contributed by atoms with Gasteiger partial charge in [0.2, 0.25) is 0 Å². The van der Waals surface area contributed by atoms with Crippen LogP contribution in [0.1, 0.15) is 5.76 Å². The minimum absolute atomic E-state index is 0.399. The van der Waals surface area contributed by atoms with E-state index in [1.807, 2.05) is 0 Å². The van der Waals surface area contributed by atoms with Crippen LogP contribution in [0, 0.1) is 0 Å². The fraction of sp³-hybridized carbons (Fsp3) is 0.143. The molecule has 0 N–H and O–H groups in total. The molecule has 0 saturated carbocycles. The number of methoxy groups -OCH3 is 1. The number of nitrogens with zero attached hydrogens (tertiary/aromatic N) is 1. The van der Waals surface area contributed by atoms with Crippen LogP contribution in [0.15, 0.2) is 16.7 Å². The molecule has 0 bridgehead atoms. The smallest absolute Gasteiger partial charge is 0.254 e. The highest BCUT2D eigenvalue weighted by Gasteiger charge is 1.98. The summed E-state index contributed by atoms with van der Waals surface area (Å²) in [5.74, 6) is 0.893. The van der Waals surface area contributed by atoms with E-state index in [-0.39, 0.29) is 0 Å². The Hall–Kier alpha value is -1.58. The Kier molecular flexibility index (Phi) is 2.43. The van der Waals surface area contributed by atoms with Gasteiger partial charge in [0.1, 0.15) is 6.29 Å². The monoisotopic (exact) mass is 153 g/mol. The minimum atomic E-state index is 0.399. The second kappa shape index (κ2) is 3.55. The second-order valence-corrected chi connectivity index (χ2v) is 1.77. The zero-order valence-corrected chi connectivity index (χ0v) is 5.98. The lowest BCUT2D eigenvalue weighted by atomic mass is 10.4. The predicted octanol–water partition coefficient (Wildman–Crippen LogP) is 0.895. The average molecular weight is 153 g/mol. The maximum Gasteiger partial charge on any atom is 0.254 e. The van der Waals surface area contributed by atoms with E-state index < -0.39 is 0 Å². The van der Waals surface area contributed by atoms with E-state index in [9.17, 15) is 4.79 Å². The van der Waals surface area contributed by atoms with Crippen LogP contribution >= 0.6 is 0 Å². The van der Waals surface area contributed by atoms with Gasteiger partial charge in [-0.05, 0) is 17.3 Å². The van der Waals surface area contributed by atoms with Gasteiger partial charge in [0.15, 0.2) is 5.76 Å². The first-order chi connectivity index (χ1) is 5.36. The van der Waals surface area contributed by atoms with Gasteiger partial charge in [-0.25, -0.2) is 0 Å². The molecule has 0 aliphatic rings. The summed E-state index contributed by atoms with van der Waals surface area (Å²) in [6, 6.07) is 1.58. The molecule has 0 aromatic carbocycles. The molecule has 1 aromatic rings. The summed E-state index contributed by atoms with van der Waals surface area (Å²) >= 11 is 0. The number of aromatic nitrogens is 1. The highest BCUT2D eigenvalue weighted by atomic mass is 16.5. The van der Waals surface area contributed by atoms with Crippen LogP contribution in [-0.4, -0.2) is 18.6 Å². The van der Waals surface area contributed by atoms with E-state index in [1.54, 1.807) is 6.07 Å². The molecule has 1 heterocycles. The van der Waals surface area contributed by atoms with Crippen molar-refractivity contribution in [3.05, 3.63) is 17.9 Å². The fourth-order valence-corrected chi connectivity index (χ4v) is 0.581. The summed E-state index contributed by atoms with van der Waals surface area (Å²) in [7, 11) is 1.49. The number of hydrogen-bond acceptors (Lipinski definition) is 4. The quantitative estimate of drug-likeness (QED) is 0.478. The van der Waals surface area contributed by atoms with Crippen molar-refractivity contribution in [2.75, 3.05) is 7.11 Å². The molecule has 1 aromatic heterocycles. The van der Waals surface area contributed by atoms with Crippen molar-refractivity contribution in [1.29, 1.82) is 0 Å². The molecule has 0 radical (unpaired) electrons. The predicted molar refractivity (Wildman–Crippen MR) is 38.2 cm³/mol. The first-order valence-corrected chi connectivity index (χ1v) is 2.99. The Morgan fingerprint density at radius 1 is 1.73 bits per heavy atom. The van der Waals surface area contributed by atoms with Crippen molar-refractivity contribution < 1.29 is 14.1 Å². The third-order valence-corrected chi connectivity index (χ3v) is 1.05. The Bertz CT molecular complexity index is 264. The molecule has 0 spiro atoms. The maximum atomic E-state index is 9.87. The zero-order valence-electron chi connectivity index (χ0n) is 5.98. The lowest BCUT2D eigenvalue weighted by Crippen LogP contribution is -1.78. The van der Waals surface area contributed by atoms with Crippen LogP contribution in [0.5, 0.6) is 5.88 Å². The summed E-state index contributed by atoms with van der Waals surface area (Å²) in [5.41, 5.74) is 0. The van der Waals surface area contributed by atoms with E-state index in [4.69, 9.17) is 9.26 Å². The normalized spacial score (nSPS) is 10.3. The van der Waals surface area contributed by atoms with Gasteiger partial charge in [-0.1, -0.05) is 0 Å². The summed E-state index contributed by atoms with van der Waals surface area (Å²) in [4.78, 5) is 9.87. The SMILES string of the molecule is COc1cc(/C=C/C=O)on1. The van der Waals surface area contributed by atoms with Crippen molar-refractivity contribution in [2.45, 2.75) is 0 Å². The van der Waals surface area contributed by atoms with E-state index >= 15 is 0 Å². The molecule has 4 heteroatoms. The topological polar surface area (TPSA) is 52.3 Å². The van der Waals surface area contributed by atoms with Crippen molar-refractivity contribution in [3.63, 3.8) is 0 Å². The molecule has 0 fully saturated rings. The maximum absolute atomic E-state index is 9.87. The fourth-order valence-electron chi connectivity index (χ4n) is 0.581. The van der Waals surface area contributed by atoms with Gasteiger partial charge < -0.3 is 9.26 Å². The largest absolute Gasteiger partial charge is 0.479 e. The number of aldehydes is 1. The summed E-state index contributed by atoms with van der Waals surface area (Å²) in [6.45, 7) is 0. The Labute approximate surface area is 63.4 Å². The average Bonchev–Trinajstić information content (AvgIpc) is 2.48. The van der Waals surface area contributed by atoms with Crippen LogP contribution in [0.3, 0.4) is 0 Å². The third-order valence-electron chi connectivity index (χ3n) is 1.05. The molecule has 0 atom stereocenters. The molecule has 4 nitrogen and oxygen atoms in total. The van der Waals surface area contributed by atoms with Gasteiger partial charge in [0.05, 0.1) is 7.11 Å². The van der Waals surface area contributed by atoms with Crippen molar-refractivity contribution >= 4 is 12.4 Å². The summed E-state index contributed by atoms with van der Waals surface area (Å²) in [6.07, 6.45) is 3.48. The van der Waals surface area contributed by atoms with E-state index in [2.05, 4.69) is 5.16 Å². The van der Waals surface area contributed by atoms with Gasteiger partial charge in [-0.2, -0.15) is 0 Å². The molecule has 0 aliphatic heterocycles. The molecule has 11 heavy (non-hydrogen) atoms. The van der Waals surface area contributed by atoms with Crippen molar-refractivity contribution in [3.8, 4) is 5.88 Å². The first kappa shape index (κ1) is 7.53. The molecule has 1 rings (SSSR count). The van der Waals surface area contributed by atoms with Crippen LogP contribution in [0.4, 0.5) is 0 Å². The molecule has 0 aliphatic carbocycles. The van der Waals surface area contributed by atoms with Crippen LogP contribution in [0.2, 0.25) is 0 Å². The molecular formula is C7H7NO3. The van der Waals surface area contributed by atoms with Gasteiger partial charge in [0.25, 0.3) is 5.88 Å². The van der Waals surface area contributed by atoms with E-state index in [0.717, 1.165) is 0 Å². The van der Waals surface area contributed by atoms with Crippen molar-refractivity contribution in [2.24, 2.45) is 0 Å². The van der Waals surface area contributed by atoms with Gasteiger partial charge in [-0.15, -0.1) is 0 Å². The highest BCUT2D eigenvalue weighted by molar-refractivity contribution is 5.72. The Morgan fingerprint density at radius 3 is 3.09 bits per heavy atom. The van der Waals surface area contributed by atoms with Crippen LogP contribution in [-0.2, 0) is 4.79 Å². The second-order valence-electron chi connectivity index (χ2n) is 1.77. The molecule has 0 saturated heterocycles. The lowest BCUT2D eigenvalue weighted by Gasteiger charge is -1.83. The molecular weight excluding hydrogens is 146 g/mol. The lowest BCUT2D eigenvalue weighted by molar-refractivity contribution is -0.104. The van der Waals surface area contributed by atoms with Gasteiger partial charge in [-0.3, -0.25) is 4.79 Å². The van der Waals surface area contributed by atoms with Crippen LogP contribution in [0.25, 0.3) is 6.08 Å². The number of carbonyl (C=O) groups is 1. The number of rotatable bonds is 3. The van der Waals surface area contributed by atoms with E-state index in [1.165, 1.54) is 19.3 Å². The number of hydrogen-bond donors (Lipinski definition) is 0. The third kappa shape index (κ3) is 1.93. The van der Waals surface area contributed by atoms with Gasteiger partial charge >= 0.3 is 0 Å². The zero-order chi connectivity index (χ0) is 8.10. The number of ether oxygens (including phenoxy) is 1. The standard InChI is InChI=1S/C7H7NO3/c1-10-7-5-6(11-8-7)3-2-4-9/h2-5H,1H3/b3-2+. The number of allylic oxidation sites excluding steroid dienone is 1. The summed E-state index contributed by atoms with van der Waals surface area (Å²) in [5, 5.41) is 3.52. The number of carbonyl (C=O) groups excluding carboxylic acids is 1. The van der Waals surface area contributed by atoms with E-state index in [0.29, 0.717) is 17.9 Å².